The van der Waals surface area contributed by atoms with Crippen molar-refractivity contribution < 1.29 is 14.7 Å². The minimum atomic E-state index is -1.08. The second-order valence-electron chi connectivity index (χ2n) is 4.58. The van der Waals surface area contributed by atoms with Crippen LogP contribution >= 0.6 is 0 Å². The van der Waals surface area contributed by atoms with Gasteiger partial charge in [0, 0.05) is 11.3 Å². The van der Waals surface area contributed by atoms with Gasteiger partial charge in [0.25, 0.3) is 5.91 Å². The summed E-state index contributed by atoms with van der Waals surface area (Å²) in [4.78, 5) is 25.2. The van der Waals surface area contributed by atoms with E-state index < -0.39 is 5.97 Å². The highest BCUT2D eigenvalue weighted by Crippen LogP contribution is 2.30. The van der Waals surface area contributed by atoms with E-state index >= 15 is 0 Å². The molecule has 0 radical (unpaired) electrons. The SMILES string of the molecule is C=C(C)C(=O)N(c1ccccc1)c1ccccc1C(=O)O. The number of benzene rings is 2. The van der Waals surface area contributed by atoms with Gasteiger partial charge in [-0.1, -0.05) is 36.9 Å². The van der Waals surface area contributed by atoms with Crippen molar-refractivity contribution in [2.24, 2.45) is 0 Å². The molecule has 0 bridgehead atoms. The minimum absolute atomic E-state index is 0.0657. The van der Waals surface area contributed by atoms with E-state index in [1.54, 1.807) is 49.4 Å². The van der Waals surface area contributed by atoms with Crippen molar-refractivity contribution >= 4 is 23.3 Å². The third-order valence-corrected chi connectivity index (χ3v) is 2.96. The van der Waals surface area contributed by atoms with Gasteiger partial charge in [0.05, 0.1) is 11.3 Å². The van der Waals surface area contributed by atoms with E-state index in [1.807, 2.05) is 6.07 Å². The van der Waals surface area contributed by atoms with E-state index in [0.717, 1.165) is 0 Å². The molecule has 2 aromatic carbocycles. The molecule has 106 valence electrons. The number of carbonyl (C=O) groups excluding carboxylic acids is 1. The maximum absolute atomic E-state index is 12.5. The smallest absolute Gasteiger partial charge is 0.337 e. The lowest BCUT2D eigenvalue weighted by Crippen LogP contribution is -2.27. The Balaban J connectivity index is 2.64. The van der Waals surface area contributed by atoms with Gasteiger partial charge in [-0.2, -0.15) is 0 Å². The predicted octanol–water partition coefficient (Wildman–Crippen LogP) is 3.63. The highest BCUT2D eigenvalue weighted by atomic mass is 16.4. The van der Waals surface area contributed by atoms with Crippen molar-refractivity contribution in [3.05, 3.63) is 72.3 Å². The number of carboxylic acid groups (broad SMARTS) is 1. The van der Waals surface area contributed by atoms with Gasteiger partial charge >= 0.3 is 5.97 Å². The molecule has 0 aliphatic heterocycles. The van der Waals surface area contributed by atoms with Crippen LogP contribution in [0.25, 0.3) is 0 Å². The number of amides is 1. The molecule has 4 heteroatoms. The second kappa shape index (κ2) is 6.05. The standard InChI is InChI=1S/C17H15NO3/c1-12(2)16(19)18(13-8-4-3-5-9-13)15-11-7-6-10-14(15)17(20)21/h3-11H,1H2,2H3,(H,20,21). The van der Waals surface area contributed by atoms with Crippen molar-refractivity contribution in [2.45, 2.75) is 6.92 Å². The molecule has 4 nitrogen and oxygen atoms in total. The zero-order valence-electron chi connectivity index (χ0n) is 11.6. The zero-order valence-corrected chi connectivity index (χ0v) is 11.6. The van der Waals surface area contributed by atoms with Crippen LogP contribution in [0.1, 0.15) is 17.3 Å². The van der Waals surface area contributed by atoms with Crippen LogP contribution in [-0.4, -0.2) is 17.0 Å². The van der Waals surface area contributed by atoms with Crippen molar-refractivity contribution in [2.75, 3.05) is 4.90 Å². The molecule has 2 aromatic rings. The maximum Gasteiger partial charge on any atom is 0.337 e. The van der Waals surface area contributed by atoms with Crippen LogP contribution < -0.4 is 4.90 Å². The molecule has 1 N–H and O–H groups in total. The summed E-state index contributed by atoms with van der Waals surface area (Å²) in [6, 6.07) is 15.3. The van der Waals surface area contributed by atoms with Gasteiger partial charge in [-0.05, 0) is 31.2 Å². The lowest BCUT2D eigenvalue weighted by molar-refractivity contribution is -0.114. The molecule has 0 saturated heterocycles. The second-order valence-corrected chi connectivity index (χ2v) is 4.58. The average molecular weight is 281 g/mol. The third-order valence-electron chi connectivity index (χ3n) is 2.96. The van der Waals surface area contributed by atoms with Crippen LogP contribution in [0, 0.1) is 0 Å². The number of carbonyl (C=O) groups is 2. The molecular weight excluding hydrogens is 266 g/mol. The summed E-state index contributed by atoms with van der Waals surface area (Å²) in [5, 5.41) is 9.32. The number of hydrogen-bond acceptors (Lipinski definition) is 2. The van der Waals surface area contributed by atoms with Crippen LogP contribution in [0.5, 0.6) is 0 Å². The van der Waals surface area contributed by atoms with Gasteiger partial charge in [0.2, 0.25) is 0 Å². The Morgan fingerprint density at radius 3 is 2.14 bits per heavy atom. The number of carboxylic acids is 1. The molecular formula is C17H15NO3. The van der Waals surface area contributed by atoms with Crippen LogP contribution in [0.3, 0.4) is 0 Å². The summed E-state index contributed by atoms with van der Waals surface area (Å²) >= 11 is 0. The van der Waals surface area contributed by atoms with Gasteiger partial charge in [-0.15, -0.1) is 0 Å². The van der Waals surface area contributed by atoms with Gasteiger partial charge in [-0.3, -0.25) is 9.69 Å². The van der Waals surface area contributed by atoms with E-state index in [2.05, 4.69) is 6.58 Å². The van der Waals surface area contributed by atoms with Crippen molar-refractivity contribution in [1.82, 2.24) is 0 Å². The topological polar surface area (TPSA) is 57.6 Å². The molecule has 1 amide bonds. The Morgan fingerprint density at radius 2 is 1.57 bits per heavy atom. The Hall–Kier alpha value is -2.88. The van der Waals surface area contributed by atoms with E-state index in [0.29, 0.717) is 16.9 Å². The monoisotopic (exact) mass is 281 g/mol. The predicted molar refractivity (Wildman–Crippen MR) is 81.8 cm³/mol. The number of rotatable bonds is 4. The Bertz CT molecular complexity index is 692. The van der Waals surface area contributed by atoms with E-state index in [4.69, 9.17) is 0 Å². The van der Waals surface area contributed by atoms with Crippen molar-refractivity contribution in [3.63, 3.8) is 0 Å². The largest absolute Gasteiger partial charge is 0.478 e. The molecule has 0 aliphatic carbocycles. The normalized spacial score (nSPS) is 9.95. The molecule has 21 heavy (non-hydrogen) atoms. The maximum atomic E-state index is 12.5. The first-order chi connectivity index (χ1) is 10.0. The third kappa shape index (κ3) is 3.00. The quantitative estimate of drug-likeness (QED) is 0.871. The van der Waals surface area contributed by atoms with Gasteiger partial charge in [0.1, 0.15) is 0 Å². The van der Waals surface area contributed by atoms with Crippen LogP contribution in [0.4, 0.5) is 11.4 Å². The Kier molecular flexibility index (Phi) is 4.18. The first-order valence-corrected chi connectivity index (χ1v) is 6.39. The van der Waals surface area contributed by atoms with Gasteiger partial charge in [0.15, 0.2) is 0 Å². The van der Waals surface area contributed by atoms with Crippen LogP contribution in [0.15, 0.2) is 66.7 Å². The summed E-state index contributed by atoms with van der Waals surface area (Å²) in [5.74, 6) is -1.42. The van der Waals surface area contributed by atoms with Crippen molar-refractivity contribution in [1.29, 1.82) is 0 Å². The van der Waals surface area contributed by atoms with Gasteiger partial charge in [-0.25, -0.2) is 4.79 Å². The molecule has 2 rings (SSSR count). The molecule has 0 heterocycles. The van der Waals surface area contributed by atoms with Crippen LogP contribution in [-0.2, 0) is 4.79 Å². The highest BCUT2D eigenvalue weighted by Gasteiger charge is 2.23. The molecule has 0 aliphatic rings. The number of anilines is 2. The van der Waals surface area contributed by atoms with Crippen LogP contribution in [0.2, 0.25) is 0 Å². The summed E-state index contributed by atoms with van der Waals surface area (Å²) in [6.07, 6.45) is 0. The molecule has 0 unspecified atom stereocenters. The first kappa shape index (κ1) is 14.5. The Morgan fingerprint density at radius 1 is 1.00 bits per heavy atom. The summed E-state index contributed by atoms with van der Waals surface area (Å²) in [7, 11) is 0. The number of hydrogen-bond donors (Lipinski definition) is 1. The highest BCUT2D eigenvalue weighted by molar-refractivity contribution is 6.12. The fourth-order valence-electron chi connectivity index (χ4n) is 1.98. The average Bonchev–Trinajstić information content (AvgIpc) is 2.48. The van der Waals surface area contributed by atoms with E-state index in [-0.39, 0.29) is 11.5 Å². The Labute approximate surface area is 123 Å². The van der Waals surface area contributed by atoms with Crippen molar-refractivity contribution in [3.8, 4) is 0 Å². The summed E-state index contributed by atoms with van der Waals surface area (Å²) < 4.78 is 0. The molecule has 0 saturated carbocycles. The van der Waals surface area contributed by atoms with E-state index in [9.17, 15) is 14.7 Å². The first-order valence-electron chi connectivity index (χ1n) is 6.39. The lowest BCUT2D eigenvalue weighted by atomic mass is 10.1. The lowest BCUT2D eigenvalue weighted by Gasteiger charge is -2.24. The fourth-order valence-corrected chi connectivity index (χ4v) is 1.98. The molecule has 0 spiro atoms. The summed E-state index contributed by atoms with van der Waals surface area (Å²) in [6.45, 7) is 5.26. The van der Waals surface area contributed by atoms with E-state index in [1.165, 1.54) is 11.0 Å². The number of aromatic carboxylic acids is 1. The van der Waals surface area contributed by atoms with Gasteiger partial charge < -0.3 is 5.11 Å². The molecule has 0 aromatic heterocycles. The number of para-hydroxylation sites is 2. The number of nitrogens with zero attached hydrogens (tertiary/aromatic N) is 1. The molecule has 0 atom stereocenters. The molecule has 0 fully saturated rings. The fraction of sp³-hybridized carbons (Fsp3) is 0.0588. The summed E-state index contributed by atoms with van der Waals surface area (Å²) in [5.41, 5.74) is 1.32. The minimum Gasteiger partial charge on any atom is -0.478 e. The zero-order chi connectivity index (χ0) is 15.4.